The SMILES string of the molecule is CCCC(C(=O)Nc1cnc2n1CCCC2)n1cccc1. The number of hydrogen-bond acceptors (Lipinski definition) is 2. The smallest absolute Gasteiger partial charge is 0.248 e. The predicted octanol–water partition coefficient (Wildman–Crippen LogP) is 3.00. The van der Waals surface area contributed by atoms with Crippen LogP contribution in [0, 0.1) is 0 Å². The van der Waals surface area contributed by atoms with E-state index in [4.69, 9.17) is 0 Å². The minimum absolute atomic E-state index is 0.0429. The van der Waals surface area contributed by atoms with E-state index in [0.717, 1.165) is 43.9 Å². The van der Waals surface area contributed by atoms with E-state index < -0.39 is 0 Å². The third-order valence-electron chi connectivity index (χ3n) is 4.07. The van der Waals surface area contributed by atoms with Crippen molar-refractivity contribution >= 4 is 11.7 Å². The van der Waals surface area contributed by atoms with Crippen molar-refractivity contribution in [2.45, 2.75) is 51.6 Å². The van der Waals surface area contributed by atoms with E-state index in [2.05, 4.69) is 21.8 Å². The zero-order valence-electron chi connectivity index (χ0n) is 12.5. The molecule has 1 atom stereocenters. The Labute approximate surface area is 125 Å². The summed E-state index contributed by atoms with van der Waals surface area (Å²) in [7, 11) is 0. The molecule has 1 amide bonds. The van der Waals surface area contributed by atoms with Crippen LogP contribution in [-0.4, -0.2) is 20.0 Å². The first-order valence-corrected chi connectivity index (χ1v) is 7.77. The van der Waals surface area contributed by atoms with Crippen molar-refractivity contribution in [3.63, 3.8) is 0 Å². The Hall–Kier alpha value is -2.04. The summed E-state index contributed by atoms with van der Waals surface area (Å²) >= 11 is 0. The summed E-state index contributed by atoms with van der Waals surface area (Å²) in [6, 6.07) is 3.76. The maximum atomic E-state index is 12.6. The van der Waals surface area contributed by atoms with Gasteiger partial charge in [0.1, 0.15) is 17.7 Å². The Morgan fingerprint density at radius 2 is 2.19 bits per heavy atom. The molecular formula is C16H22N4O. The lowest BCUT2D eigenvalue weighted by Crippen LogP contribution is -2.27. The van der Waals surface area contributed by atoms with Crippen molar-refractivity contribution in [3.05, 3.63) is 36.5 Å². The highest BCUT2D eigenvalue weighted by Gasteiger charge is 2.21. The van der Waals surface area contributed by atoms with Crippen LogP contribution in [0.2, 0.25) is 0 Å². The number of nitrogens with one attached hydrogen (secondary N) is 1. The number of aromatic nitrogens is 3. The first-order valence-electron chi connectivity index (χ1n) is 7.77. The summed E-state index contributed by atoms with van der Waals surface area (Å²) < 4.78 is 4.12. The van der Waals surface area contributed by atoms with Crippen molar-refractivity contribution in [3.8, 4) is 0 Å². The summed E-state index contributed by atoms with van der Waals surface area (Å²) in [5.74, 6) is 1.97. The van der Waals surface area contributed by atoms with Crippen LogP contribution in [0.1, 0.15) is 44.5 Å². The lowest BCUT2D eigenvalue weighted by Gasteiger charge is -2.20. The molecule has 0 bridgehead atoms. The van der Waals surface area contributed by atoms with Crippen LogP contribution in [-0.2, 0) is 17.8 Å². The van der Waals surface area contributed by atoms with E-state index in [1.807, 2.05) is 29.1 Å². The molecule has 0 aliphatic carbocycles. The lowest BCUT2D eigenvalue weighted by molar-refractivity contribution is -0.119. The molecule has 1 unspecified atom stereocenters. The number of carbonyl (C=O) groups excluding carboxylic acids is 1. The first-order chi connectivity index (χ1) is 10.3. The number of hydrogen-bond donors (Lipinski definition) is 1. The summed E-state index contributed by atoms with van der Waals surface area (Å²) in [6.45, 7) is 3.05. The molecule has 3 rings (SSSR count). The number of anilines is 1. The van der Waals surface area contributed by atoms with Crippen LogP contribution in [0.3, 0.4) is 0 Å². The fourth-order valence-electron chi connectivity index (χ4n) is 2.97. The van der Waals surface area contributed by atoms with Crippen LogP contribution in [0.4, 0.5) is 5.82 Å². The maximum Gasteiger partial charge on any atom is 0.248 e. The van der Waals surface area contributed by atoms with E-state index in [0.29, 0.717) is 0 Å². The molecule has 1 aliphatic heterocycles. The second-order valence-corrected chi connectivity index (χ2v) is 5.59. The molecule has 21 heavy (non-hydrogen) atoms. The molecule has 1 aliphatic rings. The first kappa shape index (κ1) is 13.9. The standard InChI is InChI=1S/C16H22N4O/c1-2-7-13(19-9-5-6-10-19)16(21)18-15-12-17-14-8-3-4-11-20(14)15/h5-6,9-10,12-13H,2-4,7-8,11H2,1H3,(H,18,21). The maximum absolute atomic E-state index is 12.6. The highest BCUT2D eigenvalue weighted by molar-refractivity contribution is 5.93. The molecule has 3 heterocycles. The van der Waals surface area contributed by atoms with Gasteiger partial charge in [-0.25, -0.2) is 4.98 Å². The molecular weight excluding hydrogens is 264 g/mol. The third kappa shape index (κ3) is 2.86. The second kappa shape index (κ2) is 6.16. The Morgan fingerprint density at radius 1 is 1.38 bits per heavy atom. The van der Waals surface area contributed by atoms with Crippen LogP contribution in [0.25, 0.3) is 0 Å². The van der Waals surface area contributed by atoms with Gasteiger partial charge in [-0.05, 0) is 31.4 Å². The van der Waals surface area contributed by atoms with Gasteiger partial charge in [0.25, 0.3) is 0 Å². The fraction of sp³-hybridized carbons (Fsp3) is 0.500. The van der Waals surface area contributed by atoms with Gasteiger partial charge >= 0.3 is 0 Å². The summed E-state index contributed by atoms with van der Waals surface area (Å²) in [4.78, 5) is 17.0. The van der Waals surface area contributed by atoms with Crippen LogP contribution >= 0.6 is 0 Å². The normalized spacial score (nSPS) is 15.5. The highest BCUT2D eigenvalue weighted by Crippen LogP contribution is 2.22. The predicted molar refractivity (Wildman–Crippen MR) is 82.2 cm³/mol. The average molecular weight is 286 g/mol. The van der Waals surface area contributed by atoms with Gasteiger partial charge in [-0.2, -0.15) is 0 Å². The van der Waals surface area contributed by atoms with Crippen LogP contribution in [0.5, 0.6) is 0 Å². The summed E-state index contributed by atoms with van der Waals surface area (Å²) in [6.07, 6.45) is 10.8. The Morgan fingerprint density at radius 3 is 2.95 bits per heavy atom. The quantitative estimate of drug-likeness (QED) is 0.918. The van der Waals surface area contributed by atoms with Gasteiger partial charge in [0.15, 0.2) is 0 Å². The van der Waals surface area contributed by atoms with Gasteiger partial charge in [0, 0.05) is 25.4 Å². The second-order valence-electron chi connectivity index (χ2n) is 5.59. The third-order valence-corrected chi connectivity index (χ3v) is 4.07. The molecule has 0 saturated heterocycles. The largest absolute Gasteiger partial charge is 0.342 e. The van der Waals surface area contributed by atoms with Crippen molar-refractivity contribution in [1.82, 2.24) is 14.1 Å². The van der Waals surface area contributed by atoms with Crippen molar-refractivity contribution in [2.24, 2.45) is 0 Å². The molecule has 0 fully saturated rings. The Balaban J connectivity index is 1.77. The van der Waals surface area contributed by atoms with Gasteiger partial charge in [-0.1, -0.05) is 13.3 Å². The molecule has 5 nitrogen and oxygen atoms in total. The van der Waals surface area contributed by atoms with Gasteiger partial charge < -0.3 is 14.5 Å². The van der Waals surface area contributed by atoms with Crippen molar-refractivity contribution < 1.29 is 4.79 Å². The summed E-state index contributed by atoms with van der Waals surface area (Å²) in [5.41, 5.74) is 0. The molecule has 1 N–H and O–H groups in total. The number of imidazole rings is 1. The van der Waals surface area contributed by atoms with E-state index in [1.165, 1.54) is 6.42 Å². The number of fused-ring (bicyclic) bond motifs is 1. The molecule has 0 spiro atoms. The molecule has 0 aromatic carbocycles. The van der Waals surface area contributed by atoms with E-state index in [-0.39, 0.29) is 11.9 Å². The number of rotatable bonds is 5. The minimum Gasteiger partial charge on any atom is -0.342 e. The van der Waals surface area contributed by atoms with E-state index in [9.17, 15) is 4.79 Å². The molecule has 2 aromatic heterocycles. The van der Waals surface area contributed by atoms with Gasteiger partial charge in [0.05, 0.1) is 6.20 Å². The van der Waals surface area contributed by atoms with Crippen LogP contribution in [0.15, 0.2) is 30.7 Å². The molecule has 0 radical (unpaired) electrons. The van der Waals surface area contributed by atoms with Crippen molar-refractivity contribution in [1.29, 1.82) is 0 Å². The minimum atomic E-state index is -0.153. The van der Waals surface area contributed by atoms with Gasteiger partial charge in [-0.15, -0.1) is 0 Å². The Kier molecular flexibility index (Phi) is 4.08. The van der Waals surface area contributed by atoms with E-state index >= 15 is 0 Å². The summed E-state index contributed by atoms with van der Waals surface area (Å²) in [5, 5.41) is 3.06. The lowest BCUT2D eigenvalue weighted by atomic mass is 10.1. The topological polar surface area (TPSA) is 51.9 Å². The average Bonchev–Trinajstić information content (AvgIpc) is 3.15. The highest BCUT2D eigenvalue weighted by atomic mass is 16.2. The number of carbonyl (C=O) groups is 1. The zero-order valence-corrected chi connectivity index (χ0v) is 12.5. The molecule has 2 aromatic rings. The number of amides is 1. The number of aryl methyl sites for hydroxylation is 1. The zero-order chi connectivity index (χ0) is 14.7. The van der Waals surface area contributed by atoms with Gasteiger partial charge in [-0.3, -0.25) is 4.79 Å². The molecule has 112 valence electrons. The Bertz CT molecular complexity index is 600. The monoisotopic (exact) mass is 286 g/mol. The molecule has 0 saturated carbocycles. The van der Waals surface area contributed by atoms with Crippen molar-refractivity contribution in [2.75, 3.05) is 5.32 Å². The number of nitrogens with zero attached hydrogens (tertiary/aromatic N) is 3. The van der Waals surface area contributed by atoms with Gasteiger partial charge in [0.2, 0.25) is 5.91 Å². The van der Waals surface area contributed by atoms with Crippen LogP contribution < -0.4 is 5.32 Å². The fourth-order valence-corrected chi connectivity index (χ4v) is 2.97. The van der Waals surface area contributed by atoms with E-state index in [1.54, 1.807) is 6.20 Å². The molecule has 5 heteroatoms.